The Hall–Kier alpha value is -2.09. The van der Waals surface area contributed by atoms with E-state index in [4.69, 9.17) is 4.74 Å². The number of anilines is 1. The highest BCUT2D eigenvalue weighted by molar-refractivity contribution is 7.98. The Kier molecular flexibility index (Phi) is 4.28. The van der Waals surface area contributed by atoms with Crippen LogP contribution in [0.15, 0.2) is 23.5 Å². The second-order valence-corrected chi connectivity index (χ2v) is 5.69. The fourth-order valence-electron chi connectivity index (χ4n) is 2.47. The van der Waals surface area contributed by atoms with E-state index in [1.807, 2.05) is 17.0 Å². The van der Waals surface area contributed by atoms with Crippen LogP contribution in [-0.4, -0.2) is 45.6 Å². The summed E-state index contributed by atoms with van der Waals surface area (Å²) in [6.45, 7) is 2.33. The number of nitrogens with zero attached hydrogens (tertiary/aromatic N) is 5. The lowest BCUT2D eigenvalue weighted by atomic mass is 10.3. The predicted molar refractivity (Wildman–Crippen MR) is 83.0 cm³/mol. The smallest absolute Gasteiger partial charge is 0.358 e. The number of ether oxygens (including phenoxy) is 1. The minimum atomic E-state index is -0.404. The van der Waals surface area contributed by atoms with Gasteiger partial charge in [0.15, 0.2) is 10.9 Å². The van der Waals surface area contributed by atoms with E-state index in [1.54, 1.807) is 12.3 Å². The lowest BCUT2D eigenvalue weighted by Crippen LogP contribution is -2.23. The summed E-state index contributed by atoms with van der Waals surface area (Å²) in [5.41, 5.74) is 1.34. The van der Waals surface area contributed by atoms with Gasteiger partial charge in [-0.15, -0.1) is 0 Å². The molecule has 1 aliphatic rings. The van der Waals surface area contributed by atoms with Crippen molar-refractivity contribution >= 4 is 23.5 Å². The molecule has 22 heavy (non-hydrogen) atoms. The van der Waals surface area contributed by atoms with Gasteiger partial charge in [-0.1, -0.05) is 11.8 Å². The van der Waals surface area contributed by atoms with Crippen molar-refractivity contribution in [3.05, 3.63) is 29.7 Å². The molecule has 7 nitrogen and oxygen atoms in total. The molecule has 0 radical (unpaired) electrons. The normalized spacial score (nSPS) is 14.4. The van der Waals surface area contributed by atoms with Gasteiger partial charge in [0.2, 0.25) is 0 Å². The molecule has 0 N–H and O–H groups in total. The van der Waals surface area contributed by atoms with Crippen molar-refractivity contribution in [2.24, 2.45) is 0 Å². The number of hydrogen-bond donors (Lipinski definition) is 0. The third kappa shape index (κ3) is 2.92. The maximum Gasteiger partial charge on any atom is 0.358 e. The highest BCUT2D eigenvalue weighted by atomic mass is 32.2. The van der Waals surface area contributed by atoms with Crippen molar-refractivity contribution in [1.29, 1.82) is 0 Å². The van der Waals surface area contributed by atoms with E-state index in [0.717, 1.165) is 36.2 Å². The summed E-state index contributed by atoms with van der Waals surface area (Å²) in [4.78, 5) is 22.6. The Morgan fingerprint density at radius 2 is 2.27 bits per heavy atom. The Morgan fingerprint density at radius 3 is 3.05 bits per heavy atom. The zero-order valence-corrected chi connectivity index (χ0v) is 13.3. The number of fused-ring (bicyclic) bond motifs is 1. The van der Waals surface area contributed by atoms with Gasteiger partial charge in [-0.2, -0.15) is 5.10 Å². The Morgan fingerprint density at radius 1 is 1.41 bits per heavy atom. The van der Waals surface area contributed by atoms with Gasteiger partial charge in [0, 0.05) is 19.3 Å². The molecule has 8 heteroatoms. The number of esters is 1. The van der Waals surface area contributed by atoms with Gasteiger partial charge in [-0.3, -0.25) is 4.68 Å². The molecular formula is C14H17N5O2S. The van der Waals surface area contributed by atoms with E-state index < -0.39 is 5.97 Å². The van der Waals surface area contributed by atoms with Crippen molar-refractivity contribution in [1.82, 2.24) is 19.7 Å². The van der Waals surface area contributed by atoms with Crippen molar-refractivity contribution in [3.8, 4) is 0 Å². The number of hydrogen-bond acceptors (Lipinski definition) is 7. The average Bonchev–Trinajstić information content (AvgIpc) is 2.86. The summed E-state index contributed by atoms with van der Waals surface area (Å²) < 4.78 is 6.61. The van der Waals surface area contributed by atoms with Crippen LogP contribution in [0.2, 0.25) is 0 Å². The van der Waals surface area contributed by atoms with Crippen molar-refractivity contribution in [2.75, 3.05) is 24.8 Å². The molecule has 0 bridgehead atoms. The van der Waals surface area contributed by atoms with E-state index >= 15 is 0 Å². The van der Waals surface area contributed by atoms with Gasteiger partial charge in [-0.05, 0) is 24.8 Å². The van der Waals surface area contributed by atoms with E-state index in [1.165, 1.54) is 18.9 Å². The molecule has 0 atom stereocenters. The molecule has 0 aromatic carbocycles. The second-order valence-electron chi connectivity index (χ2n) is 4.91. The van der Waals surface area contributed by atoms with Crippen LogP contribution >= 0.6 is 11.8 Å². The molecule has 0 amide bonds. The fourth-order valence-corrected chi connectivity index (χ4v) is 2.82. The maximum atomic E-state index is 11.6. The number of aryl methyl sites for hydroxylation is 1. The monoisotopic (exact) mass is 319 g/mol. The molecule has 3 rings (SSSR count). The average molecular weight is 319 g/mol. The largest absolute Gasteiger partial charge is 0.464 e. The zero-order chi connectivity index (χ0) is 15.5. The molecule has 0 aliphatic carbocycles. The van der Waals surface area contributed by atoms with Gasteiger partial charge in [-0.25, -0.2) is 14.8 Å². The SMILES string of the molecule is COC(=O)c1cc2n(n1)CCCN(c1ccnc(SC)n1)C2. The summed E-state index contributed by atoms with van der Waals surface area (Å²) >= 11 is 1.52. The molecule has 2 aromatic heterocycles. The molecule has 116 valence electrons. The summed E-state index contributed by atoms with van der Waals surface area (Å²) in [5.74, 6) is 0.493. The van der Waals surface area contributed by atoms with Gasteiger partial charge < -0.3 is 9.64 Å². The molecule has 3 heterocycles. The maximum absolute atomic E-state index is 11.6. The van der Waals surface area contributed by atoms with Gasteiger partial charge in [0.25, 0.3) is 0 Å². The Bertz CT molecular complexity index is 688. The Labute approximate surface area is 132 Å². The van der Waals surface area contributed by atoms with Crippen LogP contribution in [0.3, 0.4) is 0 Å². The lowest BCUT2D eigenvalue weighted by molar-refractivity contribution is 0.0593. The van der Waals surface area contributed by atoms with Crippen molar-refractivity contribution < 1.29 is 9.53 Å². The molecule has 0 saturated heterocycles. The van der Waals surface area contributed by atoms with Gasteiger partial charge in [0.1, 0.15) is 5.82 Å². The van der Waals surface area contributed by atoms with E-state index in [0.29, 0.717) is 12.2 Å². The fraction of sp³-hybridized carbons (Fsp3) is 0.429. The molecular weight excluding hydrogens is 302 g/mol. The summed E-state index contributed by atoms with van der Waals surface area (Å²) in [6, 6.07) is 3.70. The summed E-state index contributed by atoms with van der Waals surface area (Å²) in [7, 11) is 1.37. The van der Waals surface area contributed by atoms with Crippen molar-refractivity contribution in [2.45, 2.75) is 24.7 Å². The second kappa shape index (κ2) is 6.35. The molecule has 0 spiro atoms. The number of rotatable bonds is 3. The minimum absolute atomic E-state index is 0.354. The predicted octanol–water partition coefficient (Wildman–Crippen LogP) is 1.59. The topological polar surface area (TPSA) is 73.1 Å². The van der Waals surface area contributed by atoms with E-state index in [9.17, 15) is 4.79 Å². The lowest BCUT2D eigenvalue weighted by Gasteiger charge is -2.21. The number of methoxy groups -OCH3 is 1. The van der Waals surface area contributed by atoms with Crippen LogP contribution < -0.4 is 4.90 Å². The highest BCUT2D eigenvalue weighted by Crippen LogP contribution is 2.21. The van der Waals surface area contributed by atoms with Crippen molar-refractivity contribution in [3.63, 3.8) is 0 Å². The standard InChI is InChI=1S/C14H17N5O2S/c1-21-13(20)11-8-10-9-18(6-3-7-19(10)17-11)12-4-5-15-14(16-12)22-2/h4-5,8H,3,6-7,9H2,1-2H3. The van der Waals surface area contributed by atoms with Crippen LogP contribution in [0, 0.1) is 0 Å². The van der Waals surface area contributed by atoms with E-state index in [2.05, 4.69) is 20.0 Å². The molecule has 1 aliphatic heterocycles. The summed E-state index contributed by atoms with van der Waals surface area (Å²) in [5, 5.41) is 5.08. The first-order valence-corrected chi connectivity index (χ1v) is 8.21. The molecule has 0 unspecified atom stereocenters. The highest BCUT2D eigenvalue weighted by Gasteiger charge is 2.20. The first kappa shape index (κ1) is 14.8. The van der Waals surface area contributed by atoms with Gasteiger partial charge >= 0.3 is 5.97 Å². The quantitative estimate of drug-likeness (QED) is 0.483. The zero-order valence-electron chi connectivity index (χ0n) is 12.5. The molecule has 0 fully saturated rings. The minimum Gasteiger partial charge on any atom is -0.464 e. The van der Waals surface area contributed by atoms with Crippen LogP contribution in [0.4, 0.5) is 5.82 Å². The van der Waals surface area contributed by atoms with E-state index in [-0.39, 0.29) is 0 Å². The third-order valence-electron chi connectivity index (χ3n) is 3.53. The summed E-state index contributed by atoms with van der Waals surface area (Å²) in [6.07, 6.45) is 4.67. The number of aromatic nitrogens is 4. The molecule has 0 saturated carbocycles. The first-order valence-electron chi connectivity index (χ1n) is 6.98. The number of carbonyl (C=O) groups is 1. The number of thioether (sulfide) groups is 1. The van der Waals surface area contributed by atoms with Crippen LogP contribution in [0.25, 0.3) is 0 Å². The Balaban J connectivity index is 1.87. The molecule has 2 aromatic rings. The van der Waals surface area contributed by atoms with Crippen LogP contribution in [0.1, 0.15) is 22.6 Å². The van der Waals surface area contributed by atoms with Crippen LogP contribution in [0.5, 0.6) is 0 Å². The first-order chi connectivity index (χ1) is 10.7. The third-order valence-corrected chi connectivity index (χ3v) is 4.10. The number of carbonyl (C=O) groups excluding carboxylic acids is 1. The van der Waals surface area contributed by atoms with Gasteiger partial charge in [0.05, 0.1) is 19.3 Å². The van der Waals surface area contributed by atoms with Crippen LogP contribution in [-0.2, 0) is 17.8 Å².